The van der Waals surface area contributed by atoms with Crippen molar-refractivity contribution in [3.63, 3.8) is 0 Å². The molecule has 3 aromatic rings. The van der Waals surface area contributed by atoms with Gasteiger partial charge in [-0.3, -0.25) is 4.79 Å². The van der Waals surface area contributed by atoms with E-state index < -0.39 is 11.9 Å². The molecule has 6 heteroatoms. The van der Waals surface area contributed by atoms with Crippen LogP contribution in [0.15, 0.2) is 48.7 Å². The third-order valence-electron chi connectivity index (χ3n) is 4.13. The van der Waals surface area contributed by atoms with Crippen LogP contribution in [-0.2, 0) is 4.74 Å². The molecule has 0 aliphatic carbocycles. The Labute approximate surface area is 156 Å². The predicted octanol–water partition coefficient (Wildman–Crippen LogP) is 3.74. The summed E-state index contributed by atoms with van der Waals surface area (Å²) in [6.45, 7) is 5.38. The highest BCUT2D eigenvalue weighted by Crippen LogP contribution is 2.22. The second kappa shape index (κ2) is 7.07. The molecule has 2 aromatic heterocycles. The van der Waals surface area contributed by atoms with Crippen molar-refractivity contribution in [2.45, 2.75) is 26.9 Å². The smallest absolute Gasteiger partial charge is 0.338 e. The Morgan fingerprint density at radius 1 is 1.00 bits per heavy atom. The summed E-state index contributed by atoms with van der Waals surface area (Å²) in [5.41, 5.74) is 2.13. The molecular formula is C21H19NO5. The highest BCUT2D eigenvalue weighted by atomic mass is 16.5. The number of carboxylic acid groups (broad SMARTS) is 1. The van der Waals surface area contributed by atoms with Crippen LogP contribution >= 0.6 is 0 Å². The Morgan fingerprint density at radius 3 is 2.26 bits per heavy atom. The minimum atomic E-state index is -1.18. The lowest BCUT2D eigenvalue weighted by atomic mass is 10.1. The number of ether oxygens (including phenoxy) is 1. The minimum absolute atomic E-state index is 0.0512. The van der Waals surface area contributed by atoms with E-state index in [0.717, 1.165) is 5.56 Å². The Morgan fingerprint density at radius 2 is 1.67 bits per heavy atom. The van der Waals surface area contributed by atoms with Gasteiger partial charge in [0.2, 0.25) is 5.78 Å². The molecule has 0 unspecified atom stereocenters. The van der Waals surface area contributed by atoms with Crippen molar-refractivity contribution in [3.8, 4) is 0 Å². The van der Waals surface area contributed by atoms with Crippen molar-refractivity contribution >= 4 is 23.2 Å². The third-order valence-corrected chi connectivity index (χ3v) is 4.13. The third kappa shape index (κ3) is 3.60. The first kappa shape index (κ1) is 18.4. The van der Waals surface area contributed by atoms with Gasteiger partial charge in [-0.05, 0) is 39.0 Å². The van der Waals surface area contributed by atoms with Crippen LogP contribution in [0.5, 0.6) is 0 Å². The maximum absolute atomic E-state index is 12.9. The monoisotopic (exact) mass is 365 g/mol. The van der Waals surface area contributed by atoms with E-state index >= 15 is 0 Å². The standard InChI is InChI=1S/C21H19NO5/c1-12(2)27-21(26)15-8-9-22-17(10-15)16(20(24)25)11-18(22)19(23)14-6-4-13(3)5-7-14/h4-12H,1-3H3,(H,24,25). The van der Waals surface area contributed by atoms with E-state index in [4.69, 9.17) is 4.74 Å². The van der Waals surface area contributed by atoms with Crippen molar-refractivity contribution < 1.29 is 24.2 Å². The summed E-state index contributed by atoms with van der Waals surface area (Å²) >= 11 is 0. The predicted molar refractivity (Wildman–Crippen MR) is 99.5 cm³/mol. The summed E-state index contributed by atoms with van der Waals surface area (Å²) < 4.78 is 6.64. The van der Waals surface area contributed by atoms with E-state index in [2.05, 4.69) is 0 Å². The number of hydrogen-bond acceptors (Lipinski definition) is 4. The number of carbonyl (C=O) groups excluding carboxylic acids is 2. The average Bonchev–Trinajstić information content (AvgIpc) is 3.00. The Hall–Kier alpha value is -3.41. The van der Waals surface area contributed by atoms with Crippen LogP contribution in [0.25, 0.3) is 5.52 Å². The van der Waals surface area contributed by atoms with Crippen molar-refractivity contribution in [2.24, 2.45) is 0 Å². The fourth-order valence-electron chi connectivity index (χ4n) is 2.81. The van der Waals surface area contributed by atoms with Crippen molar-refractivity contribution in [3.05, 3.63) is 76.6 Å². The summed E-state index contributed by atoms with van der Waals surface area (Å²) in [4.78, 5) is 36.6. The van der Waals surface area contributed by atoms with E-state index in [1.54, 1.807) is 26.0 Å². The van der Waals surface area contributed by atoms with Gasteiger partial charge in [0.05, 0.1) is 28.4 Å². The molecule has 0 spiro atoms. The second-order valence-corrected chi connectivity index (χ2v) is 6.57. The molecule has 0 atom stereocenters. The molecule has 0 aliphatic rings. The van der Waals surface area contributed by atoms with Gasteiger partial charge in [-0.15, -0.1) is 0 Å². The number of pyridine rings is 1. The highest BCUT2D eigenvalue weighted by Gasteiger charge is 2.22. The molecule has 1 N–H and O–H groups in total. The van der Waals surface area contributed by atoms with Crippen molar-refractivity contribution in [1.82, 2.24) is 4.40 Å². The molecule has 6 nitrogen and oxygen atoms in total. The van der Waals surface area contributed by atoms with Gasteiger partial charge in [0.1, 0.15) is 0 Å². The number of benzene rings is 1. The molecule has 2 heterocycles. The van der Waals surface area contributed by atoms with Crippen molar-refractivity contribution in [1.29, 1.82) is 0 Å². The fourth-order valence-corrected chi connectivity index (χ4v) is 2.81. The van der Waals surface area contributed by atoms with Crippen LogP contribution in [0.4, 0.5) is 0 Å². The summed E-state index contributed by atoms with van der Waals surface area (Å²) in [6.07, 6.45) is 1.22. The average molecular weight is 365 g/mol. The first-order chi connectivity index (χ1) is 12.8. The maximum atomic E-state index is 12.9. The molecule has 0 aliphatic heterocycles. The van der Waals surface area contributed by atoms with Gasteiger partial charge in [-0.2, -0.15) is 0 Å². The number of carboxylic acids is 1. The zero-order chi connectivity index (χ0) is 19.7. The SMILES string of the molecule is Cc1ccc(C(=O)c2cc(C(=O)O)c3cc(C(=O)OC(C)C)ccn23)cc1. The summed E-state index contributed by atoms with van der Waals surface area (Å²) in [6, 6.07) is 11.3. The van der Waals surface area contributed by atoms with Crippen molar-refractivity contribution in [2.75, 3.05) is 0 Å². The largest absolute Gasteiger partial charge is 0.478 e. The van der Waals surface area contributed by atoms with Gasteiger partial charge in [0.25, 0.3) is 0 Å². The summed E-state index contributed by atoms with van der Waals surface area (Å²) in [5.74, 6) is -2.02. The van der Waals surface area contributed by atoms with Gasteiger partial charge < -0.3 is 14.2 Å². The van der Waals surface area contributed by atoms with E-state index in [0.29, 0.717) is 5.56 Å². The van der Waals surface area contributed by atoms with Gasteiger partial charge in [-0.1, -0.05) is 29.8 Å². The van der Waals surface area contributed by atoms with E-state index in [-0.39, 0.29) is 34.2 Å². The minimum Gasteiger partial charge on any atom is -0.478 e. The maximum Gasteiger partial charge on any atom is 0.338 e. The summed E-state index contributed by atoms with van der Waals surface area (Å²) in [5, 5.41) is 9.52. The molecule has 0 radical (unpaired) electrons. The number of hydrogen-bond donors (Lipinski definition) is 1. The molecule has 138 valence electrons. The molecule has 0 saturated heterocycles. The second-order valence-electron chi connectivity index (χ2n) is 6.57. The van der Waals surface area contributed by atoms with Crippen LogP contribution in [-0.4, -0.2) is 33.3 Å². The number of rotatable bonds is 5. The molecule has 0 amide bonds. The van der Waals surface area contributed by atoms with Gasteiger partial charge in [-0.25, -0.2) is 9.59 Å². The molecule has 0 bridgehead atoms. The summed E-state index contributed by atoms with van der Waals surface area (Å²) in [7, 11) is 0. The fraction of sp³-hybridized carbons (Fsp3) is 0.190. The number of aromatic nitrogens is 1. The molecule has 27 heavy (non-hydrogen) atoms. The van der Waals surface area contributed by atoms with Crippen LogP contribution in [0.3, 0.4) is 0 Å². The Bertz CT molecular complexity index is 1040. The first-order valence-corrected chi connectivity index (χ1v) is 8.48. The van der Waals surface area contributed by atoms with Gasteiger partial charge in [0, 0.05) is 11.8 Å². The number of fused-ring (bicyclic) bond motifs is 1. The van der Waals surface area contributed by atoms with Crippen LogP contribution < -0.4 is 0 Å². The van der Waals surface area contributed by atoms with Crippen LogP contribution in [0.2, 0.25) is 0 Å². The highest BCUT2D eigenvalue weighted by molar-refractivity contribution is 6.11. The number of aromatic carboxylic acids is 1. The van der Waals surface area contributed by atoms with E-state index in [1.165, 1.54) is 28.8 Å². The van der Waals surface area contributed by atoms with Crippen LogP contribution in [0, 0.1) is 6.92 Å². The number of aryl methyl sites for hydroxylation is 1. The molecule has 0 fully saturated rings. The number of esters is 1. The van der Waals surface area contributed by atoms with E-state index in [9.17, 15) is 19.5 Å². The molecule has 1 aromatic carbocycles. The molecule has 0 saturated carbocycles. The number of carbonyl (C=O) groups is 3. The topological polar surface area (TPSA) is 85.1 Å². The Balaban J connectivity index is 2.12. The zero-order valence-corrected chi connectivity index (χ0v) is 15.2. The lowest BCUT2D eigenvalue weighted by Gasteiger charge is -2.09. The number of nitrogens with zero attached hydrogens (tertiary/aromatic N) is 1. The lowest BCUT2D eigenvalue weighted by molar-refractivity contribution is 0.0377. The van der Waals surface area contributed by atoms with Gasteiger partial charge >= 0.3 is 11.9 Å². The Kier molecular flexibility index (Phi) is 4.81. The lowest BCUT2D eigenvalue weighted by Crippen LogP contribution is -2.12. The molecular weight excluding hydrogens is 346 g/mol. The molecule has 3 rings (SSSR count). The van der Waals surface area contributed by atoms with E-state index in [1.807, 2.05) is 19.1 Å². The van der Waals surface area contributed by atoms with Crippen LogP contribution in [0.1, 0.15) is 56.2 Å². The first-order valence-electron chi connectivity index (χ1n) is 8.48. The number of ketones is 1. The van der Waals surface area contributed by atoms with Gasteiger partial charge in [0.15, 0.2) is 0 Å². The quantitative estimate of drug-likeness (QED) is 0.550. The normalized spacial score (nSPS) is 11.0. The zero-order valence-electron chi connectivity index (χ0n) is 15.2.